The van der Waals surface area contributed by atoms with Gasteiger partial charge in [-0.3, -0.25) is 0 Å². The van der Waals surface area contributed by atoms with Gasteiger partial charge in [0.25, 0.3) is 0 Å². The summed E-state index contributed by atoms with van der Waals surface area (Å²) in [6.07, 6.45) is 6.31. The Kier molecular flexibility index (Phi) is 5.28. The van der Waals surface area contributed by atoms with Gasteiger partial charge in [0.1, 0.15) is 17.5 Å². The van der Waals surface area contributed by atoms with E-state index in [2.05, 4.69) is 34.9 Å². The van der Waals surface area contributed by atoms with Crippen molar-refractivity contribution in [1.29, 1.82) is 0 Å². The Hall–Kier alpha value is -2.69. The van der Waals surface area contributed by atoms with E-state index in [1.807, 2.05) is 12.1 Å². The summed E-state index contributed by atoms with van der Waals surface area (Å²) in [6, 6.07) is 13.2. The van der Waals surface area contributed by atoms with Gasteiger partial charge in [-0.1, -0.05) is 31.4 Å². The molecule has 1 saturated carbocycles. The minimum Gasteiger partial charge on any atom is -0.368 e. The Labute approximate surface area is 177 Å². The largest absolute Gasteiger partial charge is 0.368 e. The summed E-state index contributed by atoms with van der Waals surface area (Å²) in [4.78, 5) is 14.9. The minimum absolute atomic E-state index is 0.185. The third kappa shape index (κ3) is 3.73. The quantitative estimate of drug-likeness (QED) is 0.581. The highest BCUT2D eigenvalue weighted by Gasteiger charge is 2.25. The maximum atomic E-state index is 13.3. The molecule has 3 aromatic rings. The van der Waals surface area contributed by atoms with Crippen molar-refractivity contribution in [3.05, 3.63) is 59.7 Å². The molecule has 0 radical (unpaired) electrons. The van der Waals surface area contributed by atoms with E-state index in [0.29, 0.717) is 5.92 Å². The number of hydrogen-bond acceptors (Lipinski definition) is 4. The highest BCUT2D eigenvalue weighted by Crippen LogP contribution is 2.35. The lowest BCUT2D eigenvalue weighted by molar-refractivity contribution is 0.429. The van der Waals surface area contributed by atoms with E-state index in [0.717, 1.165) is 49.0 Å². The third-order valence-electron chi connectivity index (χ3n) is 6.67. The molecule has 5 heteroatoms. The molecule has 0 spiro atoms. The molecule has 30 heavy (non-hydrogen) atoms. The number of piperazine rings is 1. The average molecular weight is 405 g/mol. The van der Waals surface area contributed by atoms with Crippen LogP contribution in [0.15, 0.2) is 42.5 Å². The van der Waals surface area contributed by atoms with Gasteiger partial charge in [-0.15, -0.1) is 0 Å². The zero-order chi connectivity index (χ0) is 20.5. The fraction of sp³-hybridized carbons (Fsp3) is 0.440. The summed E-state index contributed by atoms with van der Waals surface area (Å²) >= 11 is 0. The van der Waals surface area contributed by atoms with Crippen LogP contribution in [0.2, 0.25) is 0 Å². The van der Waals surface area contributed by atoms with Crippen molar-refractivity contribution >= 4 is 22.4 Å². The molecule has 0 N–H and O–H groups in total. The van der Waals surface area contributed by atoms with E-state index < -0.39 is 0 Å². The fourth-order valence-electron chi connectivity index (χ4n) is 4.95. The second-order valence-corrected chi connectivity index (χ2v) is 8.66. The predicted octanol–water partition coefficient (Wildman–Crippen LogP) is 5.45. The number of rotatable bonds is 3. The number of benzene rings is 2. The molecule has 2 heterocycles. The van der Waals surface area contributed by atoms with E-state index in [9.17, 15) is 4.39 Å². The summed E-state index contributed by atoms with van der Waals surface area (Å²) in [5.74, 6) is 2.43. The van der Waals surface area contributed by atoms with Crippen molar-refractivity contribution < 1.29 is 4.39 Å². The Morgan fingerprint density at radius 2 is 1.53 bits per heavy atom. The molecule has 1 aliphatic carbocycles. The topological polar surface area (TPSA) is 32.3 Å². The summed E-state index contributed by atoms with van der Waals surface area (Å²) in [5, 5.41) is 1.19. The van der Waals surface area contributed by atoms with Crippen molar-refractivity contribution in [3.8, 4) is 0 Å². The zero-order valence-corrected chi connectivity index (χ0v) is 17.6. The fourth-order valence-corrected chi connectivity index (χ4v) is 4.95. The molecule has 2 fully saturated rings. The van der Waals surface area contributed by atoms with Crippen LogP contribution in [0, 0.1) is 12.7 Å². The number of hydrogen-bond donors (Lipinski definition) is 0. The van der Waals surface area contributed by atoms with Gasteiger partial charge >= 0.3 is 0 Å². The molecule has 2 aliphatic rings. The third-order valence-corrected chi connectivity index (χ3v) is 6.67. The van der Waals surface area contributed by atoms with E-state index >= 15 is 0 Å². The molecule has 2 aromatic carbocycles. The minimum atomic E-state index is -0.185. The predicted molar refractivity (Wildman–Crippen MR) is 121 cm³/mol. The van der Waals surface area contributed by atoms with Gasteiger partial charge in [0.2, 0.25) is 0 Å². The van der Waals surface area contributed by atoms with Crippen LogP contribution < -0.4 is 9.80 Å². The van der Waals surface area contributed by atoms with E-state index in [1.54, 1.807) is 12.1 Å². The van der Waals surface area contributed by atoms with Crippen molar-refractivity contribution in [1.82, 2.24) is 9.97 Å². The van der Waals surface area contributed by atoms with Crippen LogP contribution in [0.4, 0.5) is 15.9 Å². The standard InChI is InChI=1S/C25H29FN4/c1-18-6-5-9-22-23(18)25(28-24(27-22)19-7-3-2-4-8-19)30-16-14-29(15-17-30)21-12-10-20(26)11-13-21/h5-6,9-13,19H,2-4,7-8,14-17H2,1H3. The summed E-state index contributed by atoms with van der Waals surface area (Å²) in [5.41, 5.74) is 3.39. The van der Waals surface area contributed by atoms with Crippen molar-refractivity contribution in [3.63, 3.8) is 0 Å². The molecular weight excluding hydrogens is 375 g/mol. The lowest BCUT2D eigenvalue weighted by Gasteiger charge is -2.37. The smallest absolute Gasteiger partial charge is 0.140 e. The number of anilines is 2. The van der Waals surface area contributed by atoms with Gasteiger partial charge in [-0.05, 0) is 55.7 Å². The first kappa shape index (κ1) is 19.3. The Balaban J connectivity index is 1.45. The van der Waals surface area contributed by atoms with Gasteiger partial charge in [0, 0.05) is 43.2 Å². The van der Waals surface area contributed by atoms with Gasteiger partial charge in [0.15, 0.2) is 0 Å². The first-order chi connectivity index (χ1) is 14.7. The molecular formula is C25H29FN4. The monoisotopic (exact) mass is 404 g/mol. The van der Waals surface area contributed by atoms with Crippen molar-refractivity contribution in [2.75, 3.05) is 36.0 Å². The van der Waals surface area contributed by atoms with Crippen LogP contribution in [0.25, 0.3) is 10.9 Å². The number of fused-ring (bicyclic) bond motifs is 1. The second-order valence-electron chi connectivity index (χ2n) is 8.66. The van der Waals surface area contributed by atoms with Crippen LogP contribution >= 0.6 is 0 Å². The van der Waals surface area contributed by atoms with Crippen LogP contribution in [0.1, 0.15) is 49.4 Å². The van der Waals surface area contributed by atoms with E-state index in [4.69, 9.17) is 9.97 Å². The molecule has 156 valence electrons. The van der Waals surface area contributed by atoms with Gasteiger partial charge < -0.3 is 9.80 Å². The summed E-state index contributed by atoms with van der Waals surface area (Å²) in [6.45, 7) is 5.78. The lowest BCUT2D eigenvalue weighted by atomic mass is 9.88. The van der Waals surface area contributed by atoms with Crippen LogP contribution in [-0.4, -0.2) is 36.1 Å². The average Bonchev–Trinajstić information content (AvgIpc) is 2.80. The van der Waals surface area contributed by atoms with Gasteiger partial charge in [0.05, 0.1) is 5.52 Å². The number of aryl methyl sites for hydroxylation is 1. The Morgan fingerprint density at radius 3 is 2.27 bits per heavy atom. The Morgan fingerprint density at radius 1 is 0.833 bits per heavy atom. The molecule has 4 nitrogen and oxygen atoms in total. The van der Waals surface area contributed by atoms with Crippen molar-refractivity contribution in [2.45, 2.75) is 44.9 Å². The maximum absolute atomic E-state index is 13.3. The SMILES string of the molecule is Cc1cccc2nc(C3CCCCC3)nc(N3CCN(c4ccc(F)cc4)CC3)c12. The number of halogens is 1. The van der Waals surface area contributed by atoms with E-state index in [-0.39, 0.29) is 5.82 Å². The second kappa shape index (κ2) is 8.21. The molecule has 0 atom stereocenters. The molecule has 1 aliphatic heterocycles. The van der Waals surface area contributed by atoms with Crippen LogP contribution in [-0.2, 0) is 0 Å². The lowest BCUT2D eigenvalue weighted by Crippen LogP contribution is -2.47. The van der Waals surface area contributed by atoms with Crippen molar-refractivity contribution in [2.24, 2.45) is 0 Å². The van der Waals surface area contributed by atoms with Gasteiger partial charge in [-0.25, -0.2) is 14.4 Å². The first-order valence-corrected chi connectivity index (χ1v) is 11.2. The summed E-state index contributed by atoms with van der Waals surface area (Å²) in [7, 11) is 0. The first-order valence-electron chi connectivity index (χ1n) is 11.2. The molecule has 0 amide bonds. The van der Waals surface area contributed by atoms with Gasteiger partial charge in [-0.2, -0.15) is 0 Å². The molecule has 1 aromatic heterocycles. The van der Waals surface area contributed by atoms with E-state index in [1.165, 1.54) is 43.1 Å². The molecule has 0 bridgehead atoms. The number of aromatic nitrogens is 2. The summed E-state index contributed by atoms with van der Waals surface area (Å²) < 4.78 is 13.3. The van der Waals surface area contributed by atoms with Crippen LogP contribution in [0.5, 0.6) is 0 Å². The molecule has 5 rings (SSSR count). The Bertz CT molecular complexity index is 1020. The highest BCUT2D eigenvalue weighted by atomic mass is 19.1. The molecule has 0 unspecified atom stereocenters. The van der Waals surface area contributed by atoms with Crippen LogP contribution in [0.3, 0.4) is 0 Å². The zero-order valence-electron chi connectivity index (χ0n) is 17.6. The maximum Gasteiger partial charge on any atom is 0.140 e. The molecule has 1 saturated heterocycles. The normalized spacial score (nSPS) is 18.2. The highest BCUT2D eigenvalue weighted by molar-refractivity contribution is 5.92. The number of nitrogens with zero attached hydrogens (tertiary/aromatic N) is 4.